The Morgan fingerprint density at radius 1 is 0.966 bits per heavy atom. The van der Waals surface area contributed by atoms with Crippen molar-refractivity contribution in [2.75, 3.05) is 11.4 Å². The summed E-state index contributed by atoms with van der Waals surface area (Å²) in [7, 11) is 0. The number of hydrogen-bond donors (Lipinski definition) is 1. The molecule has 0 bridgehead atoms. The minimum Gasteiger partial charge on any atom is -0.299 e. The summed E-state index contributed by atoms with van der Waals surface area (Å²) in [6.45, 7) is -0.212. The molecule has 146 valence electrons. The molecule has 0 aliphatic heterocycles. The van der Waals surface area contributed by atoms with Crippen LogP contribution in [0.2, 0.25) is 0 Å². The molecule has 0 atom stereocenters. The minimum absolute atomic E-state index is 0.212. The van der Waals surface area contributed by atoms with Crippen LogP contribution in [-0.2, 0) is 4.79 Å². The fourth-order valence-electron chi connectivity index (χ4n) is 2.54. The average Bonchev–Trinajstić information content (AvgIpc) is 2.74. The normalized spacial score (nSPS) is 10.7. The maximum atomic E-state index is 13.0. The van der Waals surface area contributed by atoms with Gasteiger partial charge < -0.3 is 0 Å². The molecule has 0 aromatic heterocycles. The molecule has 0 heterocycles. The number of nitrogens with one attached hydrogen (secondary N) is 1. The molecular weight excluding hydrogens is 437 g/mol. The third-order valence-electron chi connectivity index (χ3n) is 3.98. The van der Waals surface area contributed by atoms with Crippen molar-refractivity contribution < 1.29 is 14.0 Å². The molecule has 3 aromatic rings. The van der Waals surface area contributed by atoms with Gasteiger partial charge in [-0.05, 0) is 54.1 Å². The summed E-state index contributed by atoms with van der Waals surface area (Å²) in [5.41, 5.74) is 4.09. The SMILES string of the molecule is O=C(CN(C(=O)c1ccccc1)c1ccc(Br)cc1)NN=Cc1ccc(F)cc1. The predicted molar refractivity (Wildman–Crippen MR) is 114 cm³/mol. The number of carbonyl (C=O) groups is 2. The summed E-state index contributed by atoms with van der Waals surface area (Å²) in [6.07, 6.45) is 1.40. The van der Waals surface area contributed by atoms with Gasteiger partial charge in [0.15, 0.2) is 0 Å². The average molecular weight is 454 g/mol. The van der Waals surface area contributed by atoms with Crippen LogP contribution >= 0.6 is 15.9 Å². The van der Waals surface area contributed by atoms with Crippen molar-refractivity contribution in [3.8, 4) is 0 Å². The van der Waals surface area contributed by atoms with Crippen LogP contribution in [0.4, 0.5) is 10.1 Å². The summed E-state index contributed by atoms with van der Waals surface area (Å²) >= 11 is 3.36. The first-order chi connectivity index (χ1) is 14.0. The molecule has 3 rings (SSSR count). The Labute approximate surface area is 176 Å². The van der Waals surface area contributed by atoms with Crippen molar-refractivity contribution in [2.45, 2.75) is 0 Å². The molecule has 0 aliphatic carbocycles. The van der Waals surface area contributed by atoms with Gasteiger partial charge in [-0.25, -0.2) is 9.82 Å². The predicted octanol–water partition coefficient (Wildman–Crippen LogP) is 4.39. The van der Waals surface area contributed by atoms with E-state index in [4.69, 9.17) is 0 Å². The van der Waals surface area contributed by atoms with E-state index in [0.29, 0.717) is 16.8 Å². The lowest BCUT2D eigenvalue weighted by atomic mass is 10.2. The molecule has 0 fully saturated rings. The second-order valence-corrected chi connectivity index (χ2v) is 6.99. The highest BCUT2D eigenvalue weighted by molar-refractivity contribution is 9.10. The highest BCUT2D eigenvalue weighted by Crippen LogP contribution is 2.20. The van der Waals surface area contributed by atoms with Crippen molar-refractivity contribution in [1.82, 2.24) is 5.43 Å². The number of halogens is 2. The molecule has 0 saturated carbocycles. The Kier molecular flexibility index (Phi) is 6.86. The first-order valence-electron chi connectivity index (χ1n) is 8.73. The molecule has 2 amide bonds. The fraction of sp³-hybridized carbons (Fsp3) is 0.0455. The van der Waals surface area contributed by atoms with Gasteiger partial charge in [-0.3, -0.25) is 14.5 Å². The van der Waals surface area contributed by atoms with E-state index in [0.717, 1.165) is 4.47 Å². The molecule has 1 N–H and O–H groups in total. The molecule has 0 spiro atoms. The van der Waals surface area contributed by atoms with Gasteiger partial charge in [-0.1, -0.05) is 46.3 Å². The maximum absolute atomic E-state index is 13.0. The largest absolute Gasteiger partial charge is 0.299 e. The Bertz CT molecular complexity index is 1010. The monoisotopic (exact) mass is 453 g/mol. The van der Waals surface area contributed by atoms with E-state index in [2.05, 4.69) is 26.5 Å². The summed E-state index contributed by atoms with van der Waals surface area (Å²) in [5, 5.41) is 3.87. The van der Waals surface area contributed by atoms with Crippen LogP contribution in [0.1, 0.15) is 15.9 Å². The van der Waals surface area contributed by atoms with Gasteiger partial charge in [0, 0.05) is 15.7 Å². The van der Waals surface area contributed by atoms with Crippen LogP contribution < -0.4 is 10.3 Å². The van der Waals surface area contributed by atoms with Crippen LogP contribution in [0, 0.1) is 5.82 Å². The zero-order valence-corrected chi connectivity index (χ0v) is 16.8. The second kappa shape index (κ2) is 9.75. The lowest BCUT2D eigenvalue weighted by Gasteiger charge is -2.22. The number of benzene rings is 3. The van der Waals surface area contributed by atoms with Gasteiger partial charge in [-0.2, -0.15) is 5.10 Å². The second-order valence-electron chi connectivity index (χ2n) is 6.08. The summed E-state index contributed by atoms with van der Waals surface area (Å²) in [4.78, 5) is 26.7. The molecule has 29 heavy (non-hydrogen) atoms. The minimum atomic E-state index is -0.462. The van der Waals surface area contributed by atoms with Crippen molar-refractivity contribution in [1.29, 1.82) is 0 Å². The fourth-order valence-corrected chi connectivity index (χ4v) is 2.81. The first-order valence-corrected chi connectivity index (χ1v) is 9.52. The summed E-state index contributed by atoms with van der Waals surface area (Å²) < 4.78 is 13.8. The molecule has 0 radical (unpaired) electrons. The van der Waals surface area contributed by atoms with Crippen molar-refractivity contribution in [2.24, 2.45) is 5.10 Å². The maximum Gasteiger partial charge on any atom is 0.260 e. The number of hydrazone groups is 1. The highest BCUT2D eigenvalue weighted by Gasteiger charge is 2.20. The third-order valence-corrected chi connectivity index (χ3v) is 4.51. The van der Waals surface area contributed by atoms with E-state index >= 15 is 0 Å². The molecule has 5 nitrogen and oxygen atoms in total. The Balaban J connectivity index is 1.73. The third kappa shape index (κ3) is 5.83. The van der Waals surface area contributed by atoms with E-state index in [1.165, 1.54) is 35.4 Å². The van der Waals surface area contributed by atoms with Crippen LogP contribution in [0.25, 0.3) is 0 Å². The number of carbonyl (C=O) groups excluding carboxylic acids is 2. The van der Waals surface area contributed by atoms with E-state index in [1.807, 2.05) is 6.07 Å². The smallest absolute Gasteiger partial charge is 0.260 e. The molecule has 7 heteroatoms. The van der Waals surface area contributed by atoms with Crippen LogP contribution in [0.15, 0.2) is 88.4 Å². The van der Waals surface area contributed by atoms with Crippen LogP contribution in [-0.4, -0.2) is 24.6 Å². The molecule has 0 saturated heterocycles. The number of rotatable bonds is 6. The summed E-state index contributed by atoms with van der Waals surface area (Å²) in [5.74, 6) is -1.11. The van der Waals surface area contributed by atoms with E-state index < -0.39 is 5.91 Å². The topological polar surface area (TPSA) is 61.8 Å². The standard InChI is InChI=1S/C22H17BrFN3O2/c23-18-8-12-20(13-9-18)27(22(29)17-4-2-1-3-5-17)15-21(28)26-25-14-16-6-10-19(24)11-7-16/h1-14H,15H2,(H,26,28). The Morgan fingerprint density at radius 2 is 1.62 bits per heavy atom. The van der Waals surface area contributed by atoms with Gasteiger partial charge >= 0.3 is 0 Å². The Hall–Kier alpha value is -3.32. The van der Waals surface area contributed by atoms with Gasteiger partial charge in [0.25, 0.3) is 11.8 Å². The van der Waals surface area contributed by atoms with E-state index in [9.17, 15) is 14.0 Å². The van der Waals surface area contributed by atoms with Gasteiger partial charge in [0.05, 0.1) is 6.21 Å². The van der Waals surface area contributed by atoms with Gasteiger partial charge in [0.2, 0.25) is 0 Å². The van der Waals surface area contributed by atoms with Crippen molar-refractivity contribution in [3.05, 3.63) is 100 Å². The first kappa shape index (κ1) is 20.4. The van der Waals surface area contributed by atoms with Crippen LogP contribution in [0.3, 0.4) is 0 Å². The number of amides is 2. The molecule has 0 unspecified atom stereocenters. The molecule has 0 aliphatic rings. The summed E-state index contributed by atoms with van der Waals surface area (Å²) in [6, 6.07) is 21.5. The lowest BCUT2D eigenvalue weighted by Crippen LogP contribution is -2.39. The number of hydrogen-bond acceptors (Lipinski definition) is 3. The molecule has 3 aromatic carbocycles. The van der Waals surface area contributed by atoms with Crippen molar-refractivity contribution in [3.63, 3.8) is 0 Å². The van der Waals surface area contributed by atoms with Crippen molar-refractivity contribution >= 4 is 39.6 Å². The zero-order chi connectivity index (χ0) is 20.6. The van der Waals surface area contributed by atoms with Gasteiger partial charge in [0.1, 0.15) is 12.4 Å². The quantitative estimate of drug-likeness (QED) is 0.444. The van der Waals surface area contributed by atoms with E-state index in [1.54, 1.807) is 48.5 Å². The lowest BCUT2D eigenvalue weighted by molar-refractivity contribution is -0.119. The number of anilines is 1. The molecular formula is C22H17BrFN3O2. The number of nitrogens with zero attached hydrogens (tertiary/aromatic N) is 2. The zero-order valence-electron chi connectivity index (χ0n) is 15.3. The van der Waals surface area contributed by atoms with Crippen LogP contribution in [0.5, 0.6) is 0 Å². The Morgan fingerprint density at radius 3 is 2.28 bits per heavy atom. The van der Waals surface area contributed by atoms with E-state index in [-0.39, 0.29) is 18.3 Å². The van der Waals surface area contributed by atoms with Gasteiger partial charge in [-0.15, -0.1) is 0 Å². The highest BCUT2D eigenvalue weighted by atomic mass is 79.9.